The molecule has 0 bridgehead atoms. The monoisotopic (exact) mass is 598 g/mol. The highest BCUT2D eigenvalue weighted by Gasteiger charge is 2.22. The fourth-order valence-electron chi connectivity index (χ4n) is 2.00. The van der Waals surface area contributed by atoms with E-state index in [1.165, 1.54) is 0 Å². The number of carbonyl (C=O) groups excluding carboxylic acids is 1. The number of nitrogens with zero attached hydrogens (tertiary/aromatic N) is 1. The lowest BCUT2D eigenvalue weighted by molar-refractivity contribution is -0.117. The summed E-state index contributed by atoms with van der Waals surface area (Å²) in [6.07, 6.45) is 0.470. The second kappa shape index (κ2) is 7.18. The number of carbonyl (C=O) groups is 1. The Morgan fingerprint density at radius 2 is 2.00 bits per heavy atom. The average molecular weight is 598 g/mol. The van der Waals surface area contributed by atoms with Gasteiger partial charge in [0.25, 0.3) is 0 Å². The van der Waals surface area contributed by atoms with E-state index in [1.807, 2.05) is 17.0 Å². The van der Waals surface area contributed by atoms with Crippen molar-refractivity contribution < 1.29 is 9.90 Å². The second-order valence-corrected chi connectivity index (χ2v) is 8.04. The first-order valence-electron chi connectivity index (χ1n) is 5.80. The fourth-order valence-corrected chi connectivity index (χ4v) is 5.85. The summed E-state index contributed by atoms with van der Waals surface area (Å²) in [5.41, 5.74) is 0.881. The van der Waals surface area contributed by atoms with E-state index < -0.39 is 0 Å². The Kier molecular flexibility index (Phi) is 6.11. The van der Waals surface area contributed by atoms with Crippen LogP contribution in [0.2, 0.25) is 0 Å². The van der Waals surface area contributed by atoms with Gasteiger partial charge < -0.3 is 10.4 Å². The molecule has 0 unspecified atom stereocenters. The van der Waals surface area contributed by atoms with Crippen LogP contribution in [0.4, 0.5) is 5.69 Å². The van der Waals surface area contributed by atoms with Crippen molar-refractivity contribution in [1.82, 2.24) is 4.90 Å². The van der Waals surface area contributed by atoms with Gasteiger partial charge in [-0.25, -0.2) is 0 Å². The van der Waals surface area contributed by atoms with Crippen molar-refractivity contribution in [2.24, 2.45) is 0 Å². The molecular formula is C12H13I3N2O2. The van der Waals surface area contributed by atoms with Crippen LogP contribution < -0.4 is 5.32 Å². The second-order valence-electron chi connectivity index (χ2n) is 4.47. The normalized spacial score (nSPS) is 19.7. The highest BCUT2D eigenvalue weighted by atomic mass is 127. The summed E-state index contributed by atoms with van der Waals surface area (Å²) in [6.45, 7) is 1.72. The standard InChI is InChI=1S/C12H13I3N2O2/c13-7-3-9(14)12(10(15)4-7)16-11(19)6-17-2-1-8(18)5-17/h3-4,8,18H,1-2,5-6H2,(H,16,19)/t8-/m1/s1. The average Bonchev–Trinajstić information content (AvgIpc) is 2.69. The number of anilines is 1. The van der Waals surface area contributed by atoms with Gasteiger partial charge in [-0.05, 0) is 86.3 Å². The predicted molar refractivity (Wildman–Crippen MR) is 100 cm³/mol. The number of rotatable bonds is 3. The van der Waals surface area contributed by atoms with Gasteiger partial charge in [-0.1, -0.05) is 0 Å². The van der Waals surface area contributed by atoms with E-state index in [0.717, 1.165) is 29.4 Å². The molecule has 1 heterocycles. The molecule has 1 amide bonds. The van der Waals surface area contributed by atoms with Crippen molar-refractivity contribution in [1.29, 1.82) is 0 Å². The van der Waals surface area contributed by atoms with E-state index >= 15 is 0 Å². The van der Waals surface area contributed by atoms with Gasteiger partial charge in [0.2, 0.25) is 5.91 Å². The molecule has 1 aromatic rings. The number of hydrogen-bond acceptors (Lipinski definition) is 3. The summed E-state index contributed by atoms with van der Waals surface area (Å²) in [7, 11) is 0. The minimum absolute atomic E-state index is 0.0221. The Morgan fingerprint density at radius 1 is 1.37 bits per heavy atom. The maximum atomic E-state index is 12.0. The van der Waals surface area contributed by atoms with E-state index in [9.17, 15) is 9.90 Å². The smallest absolute Gasteiger partial charge is 0.238 e. The van der Waals surface area contributed by atoms with E-state index in [4.69, 9.17) is 0 Å². The molecule has 0 radical (unpaired) electrons. The van der Waals surface area contributed by atoms with Gasteiger partial charge in [0, 0.05) is 23.8 Å². The SMILES string of the molecule is O=C(CN1CC[C@@H](O)C1)Nc1c(I)cc(I)cc1I. The zero-order valence-corrected chi connectivity index (χ0v) is 16.5. The van der Waals surface area contributed by atoms with E-state index in [-0.39, 0.29) is 12.0 Å². The lowest BCUT2D eigenvalue weighted by Gasteiger charge is -2.16. The van der Waals surface area contributed by atoms with Crippen LogP contribution in [-0.2, 0) is 4.79 Å². The first-order valence-corrected chi connectivity index (χ1v) is 9.04. The van der Waals surface area contributed by atoms with Crippen LogP contribution in [0.25, 0.3) is 0 Å². The summed E-state index contributed by atoms with van der Waals surface area (Å²) < 4.78 is 3.25. The first kappa shape index (κ1) is 16.2. The lowest BCUT2D eigenvalue weighted by atomic mass is 10.3. The van der Waals surface area contributed by atoms with Gasteiger partial charge in [-0.2, -0.15) is 0 Å². The summed E-state index contributed by atoms with van der Waals surface area (Å²) in [5.74, 6) is -0.0221. The number of aliphatic hydroxyl groups is 1. The number of benzene rings is 1. The first-order chi connectivity index (χ1) is 8.95. The minimum atomic E-state index is -0.286. The van der Waals surface area contributed by atoms with Crippen molar-refractivity contribution >= 4 is 79.4 Å². The Balaban J connectivity index is 1.99. The lowest BCUT2D eigenvalue weighted by Crippen LogP contribution is -2.32. The van der Waals surface area contributed by atoms with Crippen molar-refractivity contribution in [3.63, 3.8) is 0 Å². The highest BCUT2D eigenvalue weighted by Crippen LogP contribution is 2.27. The summed E-state index contributed by atoms with van der Waals surface area (Å²) in [5, 5.41) is 12.4. The number of nitrogens with one attached hydrogen (secondary N) is 1. The van der Waals surface area contributed by atoms with Crippen molar-refractivity contribution in [3.8, 4) is 0 Å². The molecule has 0 saturated carbocycles. The maximum Gasteiger partial charge on any atom is 0.238 e. The van der Waals surface area contributed by atoms with E-state index in [1.54, 1.807) is 0 Å². The van der Waals surface area contributed by atoms with E-state index in [2.05, 4.69) is 73.1 Å². The highest BCUT2D eigenvalue weighted by molar-refractivity contribution is 14.1. The minimum Gasteiger partial charge on any atom is -0.392 e. The Hall–Kier alpha value is 0.800. The molecule has 104 valence electrons. The summed E-state index contributed by atoms with van der Waals surface area (Å²) >= 11 is 6.74. The van der Waals surface area contributed by atoms with Crippen LogP contribution in [0, 0.1) is 10.7 Å². The number of hydrogen-bond donors (Lipinski definition) is 2. The quantitative estimate of drug-likeness (QED) is 0.527. The molecular weight excluding hydrogens is 585 g/mol. The zero-order valence-electron chi connectivity index (χ0n) is 10.00. The summed E-state index contributed by atoms with van der Waals surface area (Å²) in [6, 6.07) is 4.08. The molecule has 4 nitrogen and oxygen atoms in total. The largest absolute Gasteiger partial charge is 0.392 e. The van der Waals surface area contributed by atoms with Crippen LogP contribution in [-0.4, -0.2) is 41.7 Å². The Labute approximate surface area is 153 Å². The fraction of sp³-hybridized carbons (Fsp3) is 0.417. The predicted octanol–water partition coefficient (Wildman–Crippen LogP) is 2.51. The molecule has 1 atom stereocenters. The third-order valence-electron chi connectivity index (χ3n) is 2.89. The van der Waals surface area contributed by atoms with Gasteiger partial charge in [0.1, 0.15) is 0 Å². The molecule has 0 spiro atoms. The number of aliphatic hydroxyl groups excluding tert-OH is 1. The van der Waals surface area contributed by atoms with E-state index in [0.29, 0.717) is 13.1 Å². The van der Waals surface area contributed by atoms with Gasteiger partial charge in [-0.15, -0.1) is 0 Å². The zero-order chi connectivity index (χ0) is 14.0. The van der Waals surface area contributed by atoms with Crippen molar-refractivity contribution in [2.45, 2.75) is 12.5 Å². The number of amides is 1. The van der Waals surface area contributed by atoms with Crippen LogP contribution in [0.5, 0.6) is 0 Å². The van der Waals surface area contributed by atoms with Gasteiger partial charge in [0.15, 0.2) is 0 Å². The molecule has 2 N–H and O–H groups in total. The van der Waals surface area contributed by atoms with Crippen LogP contribution >= 0.6 is 67.8 Å². The third kappa shape index (κ3) is 4.64. The molecule has 1 fully saturated rings. The molecule has 1 aliphatic rings. The Bertz CT molecular complexity index is 473. The maximum absolute atomic E-state index is 12.0. The molecule has 0 aliphatic carbocycles. The molecule has 1 aliphatic heterocycles. The molecule has 0 aromatic heterocycles. The topological polar surface area (TPSA) is 52.6 Å². The molecule has 19 heavy (non-hydrogen) atoms. The van der Waals surface area contributed by atoms with Crippen LogP contribution in [0.15, 0.2) is 12.1 Å². The summed E-state index contributed by atoms with van der Waals surface area (Å²) in [4.78, 5) is 14.0. The van der Waals surface area contributed by atoms with Gasteiger partial charge in [-0.3, -0.25) is 9.69 Å². The third-order valence-corrected chi connectivity index (χ3v) is 5.21. The van der Waals surface area contributed by atoms with Crippen molar-refractivity contribution in [3.05, 3.63) is 22.8 Å². The number of likely N-dealkylation sites (tertiary alicyclic amines) is 1. The van der Waals surface area contributed by atoms with Crippen LogP contribution in [0.1, 0.15) is 6.42 Å². The molecule has 1 aromatic carbocycles. The molecule has 1 saturated heterocycles. The number of halogens is 3. The van der Waals surface area contributed by atoms with Crippen LogP contribution in [0.3, 0.4) is 0 Å². The Morgan fingerprint density at radius 3 is 2.53 bits per heavy atom. The van der Waals surface area contributed by atoms with Gasteiger partial charge in [0.05, 0.1) is 18.3 Å². The molecule has 7 heteroatoms. The molecule has 2 rings (SSSR count). The van der Waals surface area contributed by atoms with Gasteiger partial charge >= 0.3 is 0 Å². The number of β-amino-alcohol motifs (C(OH)–C–C–N with tert-alkyl or cyclic N) is 1. The van der Waals surface area contributed by atoms with Crippen molar-refractivity contribution in [2.75, 3.05) is 25.0 Å².